The number of aromatic nitrogens is 1. The zero-order valence-electron chi connectivity index (χ0n) is 6.37. The molecule has 6 heteroatoms. The number of nitrogen functional groups attached to an aromatic ring is 1. The molecule has 0 aromatic carbocycles. The van der Waals surface area contributed by atoms with Crippen molar-refractivity contribution >= 4 is 52.1 Å². The highest BCUT2D eigenvalue weighted by molar-refractivity contribution is 9.10. The molecule has 0 spiro atoms. The smallest absolute Gasteiger partial charge is 0.0747 e. The quantitative estimate of drug-likeness (QED) is 0.826. The van der Waals surface area contributed by atoms with Crippen LogP contribution < -0.4 is 11.1 Å². The van der Waals surface area contributed by atoms with Gasteiger partial charge in [-0.25, -0.2) is 0 Å². The fraction of sp³-hybridized carbons (Fsp3) is 0.167. The number of hydrogen-bond acceptors (Lipinski definition) is 3. The molecule has 0 amide bonds. The summed E-state index contributed by atoms with van der Waals surface area (Å²) in [5.41, 5.74) is 7.11. The van der Waals surface area contributed by atoms with Crippen molar-refractivity contribution in [1.29, 1.82) is 0 Å². The van der Waals surface area contributed by atoms with E-state index in [1.165, 1.54) is 0 Å². The van der Waals surface area contributed by atoms with Crippen molar-refractivity contribution in [2.75, 3.05) is 18.1 Å². The van der Waals surface area contributed by atoms with Crippen LogP contribution in [-0.2, 0) is 0 Å². The number of halogens is 3. The van der Waals surface area contributed by atoms with E-state index in [1.54, 1.807) is 12.4 Å². The molecule has 1 rings (SSSR count). The first-order valence-electron chi connectivity index (χ1n) is 2.82. The van der Waals surface area contributed by atoms with Gasteiger partial charge in [0.05, 0.1) is 22.0 Å². The topological polar surface area (TPSA) is 50.9 Å². The van der Waals surface area contributed by atoms with Crippen LogP contribution >= 0.6 is 40.7 Å². The summed E-state index contributed by atoms with van der Waals surface area (Å²) < 4.78 is 0.884. The van der Waals surface area contributed by atoms with E-state index in [0.29, 0.717) is 5.69 Å². The van der Waals surface area contributed by atoms with E-state index >= 15 is 0 Å². The molecule has 0 radical (unpaired) electrons. The van der Waals surface area contributed by atoms with Gasteiger partial charge in [-0.2, -0.15) is 0 Å². The lowest BCUT2D eigenvalue weighted by atomic mass is 10.3. The molecule has 0 saturated carbocycles. The summed E-state index contributed by atoms with van der Waals surface area (Å²) in [6, 6.07) is 0. The van der Waals surface area contributed by atoms with E-state index < -0.39 is 0 Å². The number of nitrogens with zero attached hydrogens (tertiary/aromatic N) is 1. The molecular weight excluding hydrogens is 265 g/mol. The third-order valence-electron chi connectivity index (χ3n) is 1.18. The Morgan fingerprint density at radius 3 is 2.33 bits per heavy atom. The van der Waals surface area contributed by atoms with Crippen molar-refractivity contribution in [3.05, 3.63) is 16.9 Å². The van der Waals surface area contributed by atoms with E-state index in [-0.39, 0.29) is 24.8 Å². The van der Waals surface area contributed by atoms with Crippen molar-refractivity contribution in [1.82, 2.24) is 4.98 Å². The third-order valence-corrected chi connectivity index (χ3v) is 1.78. The molecule has 1 heterocycles. The van der Waals surface area contributed by atoms with Crippen molar-refractivity contribution in [2.24, 2.45) is 0 Å². The van der Waals surface area contributed by atoms with Gasteiger partial charge in [-0.1, -0.05) is 0 Å². The van der Waals surface area contributed by atoms with Crippen LogP contribution in [0.1, 0.15) is 0 Å². The third kappa shape index (κ3) is 3.05. The monoisotopic (exact) mass is 273 g/mol. The molecule has 3 N–H and O–H groups in total. The van der Waals surface area contributed by atoms with E-state index in [0.717, 1.165) is 10.2 Å². The van der Waals surface area contributed by atoms with Crippen LogP contribution in [0.15, 0.2) is 16.9 Å². The van der Waals surface area contributed by atoms with Gasteiger partial charge in [-0.3, -0.25) is 4.98 Å². The highest BCUT2D eigenvalue weighted by atomic mass is 79.9. The van der Waals surface area contributed by atoms with E-state index in [1.807, 2.05) is 7.05 Å². The summed E-state index contributed by atoms with van der Waals surface area (Å²) in [6.07, 6.45) is 3.30. The maximum atomic E-state index is 5.58. The molecule has 70 valence electrons. The number of pyridine rings is 1. The van der Waals surface area contributed by atoms with Gasteiger partial charge in [0.2, 0.25) is 0 Å². The van der Waals surface area contributed by atoms with Gasteiger partial charge in [-0.05, 0) is 15.9 Å². The van der Waals surface area contributed by atoms with E-state index in [9.17, 15) is 0 Å². The second-order valence-corrected chi connectivity index (χ2v) is 2.69. The fourth-order valence-electron chi connectivity index (χ4n) is 0.714. The molecule has 0 fully saturated rings. The number of hydrogen-bond donors (Lipinski definition) is 2. The van der Waals surface area contributed by atoms with Crippen LogP contribution in [0.25, 0.3) is 0 Å². The average molecular weight is 275 g/mol. The predicted molar refractivity (Wildman–Crippen MR) is 60.4 cm³/mol. The molecular formula is C6H10BrCl2N3. The van der Waals surface area contributed by atoms with Gasteiger partial charge in [0.1, 0.15) is 0 Å². The lowest BCUT2D eigenvalue weighted by molar-refractivity contribution is 1.30. The molecule has 1 aromatic rings. The van der Waals surface area contributed by atoms with Crippen molar-refractivity contribution < 1.29 is 0 Å². The molecule has 0 bridgehead atoms. The van der Waals surface area contributed by atoms with Crippen LogP contribution in [-0.4, -0.2) is 12.0 Å². The second kappa shape index (κ2) is 6.34. The molecule has 0 unspecified atom stereocenters. The predicted octanol–water partition coefficient (Wildman–Crippen LogP) is 2.31. The van der Waals surface area contributed by atoms with E-state index in [2.05, 4.69) is 26.2 Å². The zero-order chi connectivity index (χ0) is 7.56. The molecule has 0 aliphatic heterocycles. The first kappa shape index (κ1) is 14.3. The summed E-state index contributed by atoms with van der Waals surface area (Å²) >= 11 is 3.30. The van der Waals surface area contributed by atoms with Gasteiger partial charge in [0, 0.05) is 13.2 Å². The first-order chi connectivity index (χ1) is 4.75. The van der Waals surface area contributed by atoms with Crippen LogP contribution in [0.4, 0.5) is 11.4 Å². The Morgan fingerprint density at radius 2 is 2.00 bits per heavy atom. The fourth-order valence-corrected chi connectivity index (χ4v) is 1.26. The second-order valence-electron chi connectivity index (χ2n) is 1.84. The standard InChI is InChI=1S/C6H8BrN3.2ClH/c1-9-6-4(7)2-10-3-5(6)8;;/h2-3H,8H2,1H3,(H,9,10);2*1H. The SMILES string of the molecule is CNc1c(N)cncc1Br.Cl.Cl. The number of rotatable bonds is 1. The Hall–Kier alpha value is -0.190. The minimum atomic E-state index is 0. The molecule has 0 aliphatic carbocycles. The van der Waals surface area contributed by atoms with Crippen molar-refractivity contribution in [3.8, 4) is 0 Å². The van der Waals surface area contributed by atoms with E-state index in [4.69, 9.17) is 5.73 Å². The minimum Gasteiger partial charge on any atom is -0.396 e. The number of nitrogens with one attached hydrogen (secondary N) is 1. The number of nitrogens with two attached hydrogens (primary N) is 1. The summed E-state index contributed by atoms with van der Waals surface area (Å²) in [7, 11) is 1.82. The van der Waals surface area contributed by atoms with Crippen molar-refractivity contribution in [2.45, 2.75) is 0 Å². The summed E-state index contributed by atoms with van der Waals surface area (Å²) in [6.45, 7) is 0. The Balaban J connectivity index is 0. The lowest BCUT2D eigenvalue weighted by Gasteiger charge is -2.04. The highest BCUT2D eigenvalue weighted by Gasteiger charge is 1.99. The first-order valence-corrected chi connectivity index (χ1v) is 3.61. The number of anilines is 2. The molecule has 0 saturated heterocycles. The Bertz CT molecular complexity index is 224. The summed E-state index contributed by atoms with van der Waals surface area (Å²) in [5, 5.41) is 2.95. The van der Waals surface area contributed by atoms with Crippen LogP contribution in [0.2, 0.25) is 0 Å². The maximum Gasteiger partial charge on any atom is 0.0747 e. The molecule has 1 aromatic heterocycles. The van der Waals surface area contributed by atoms with Gasteiger partial charge >= 0.3 is 0 Å². The summed E-state index contributed by atoms with van der Waals surface area (Å²) in [5.74, 6) is 0. The van der Waals surface area contributed by atoms with Gasteiger partial charge in [0.25, 0.3) is 0 Å². The highest BCUT2D eigenvalue weighted by Crippen LogP contribution is 2.25. The Labute approximate surface area is 92.1 Å². The molecule has 0 atom stereocenters. The molecule has 12 heavy (non-hydrogen) atoms. The van der Waals surface area contributed by atoms with Gasteiger partial charge in [0.15, 0.2) is 0 Å². The summed E-state index contributed by atoms with van der Waals surface area (Å²) in [4.78, 5) is 3.88. The molecule has 3 nitrogen and oxygen atoms in total. The van der Waals surface area contributed by atoms with Gasteiger partial charge < -0.3 is 11.1 Å². The van der Waals surface area contributed by atoms with Crippen LogP contribution in [0.5, 0.6) is 0 Å². The zero-order valence-corrected chi connectivity index (χ0v) is 9.59. The average Bonchev–Trinajstić information content (AvgIpc) is 1.88. The lowest BCUT2D eigenvalue weighted by Crippen LogP contribution is -1.96. The maximum absolute atomic E-state index is 5.58. The molecule has 0 aliphatic rings. The normalized spacial score (nSPS) is 7.83. The minimum absolute atomic E-state index is 0. The Morgan fingerprint density at radius 1 is 1.42 bits per heavy atom. The largest absolute Gasteiger partial charge is 0.396 e. The Kier molecular flexibility index (Phi) is 7.58. The van der Waals surface area contributed by atoms with Crippen molar-refractivity contribution in [3.63, 3.8) is 0 Å². The van der Waals surface area contributed by atoms with Crippen LogP contribution in [0, 0.1) is 0 Å². The van der Waals surface area contributed by atoms with Gasteiger partial charge in [-0.15, -0.1) is 24.8 Å². The van der Waals surface area contributed by atoms with Crippen LogP contribution in [0.3, 0.4) is 0 Å².